The SMILES string of the molecule is COc1ccc(C(=O)NC2CCC(C)CC2)c(O)c1. The number of amides is 1. The van der Waals surface area contributed by atoms with Crippen molar-refractivity contribution < 1.29 is 14.6 Å². The Kier molecular flexibility index (Phi) is 4.30. The molecule has 2 rings (SSSR count). The third-order valence-corrected chi connectivity index (χ3v) is 3.80. The zero-order chi connectivity index (χ0) is 13.8. The van der Waals surface area contributed by atoms with Gasteiger partial charge in [0.25, 0.3) is 5.91 Å². The van der Waals surface area contributed by atoms with E-state index in [4.69, 9.17) is 4.74 Å². The van der Waals surface area contributed by atoms with Crippen molar-refractivity contribution in [2.24, 2.45) is 5.92 Å². The van der Waals surface area contributed by atoms with E-state index in [0.29, 0.717) is 11.3 Å². The Hall–Kier alpha value is -1.71. The van der Waals surface area contributed by atoms with Crippen LogP contribution in [0.3, 0.4) is 0 Å². The fraction of sp³-hybridized carbons (Fsp3) is 0.533. The number of ether oxygens (including phenoxy) is 1. The van der Waals surface area contributed by atoms with Crippen LogP contribution in [-0.2, 0) is 0 Å². The number of phenols is 1. The molecule has 0 unspecified atom stereocenters. The maximum atomic E-state index is 12.1. The number of phenolic OH excluding ortho intramolecular Hbond substituents is 1. The molecule has 1 aromatic carbocycles. The molecular weight excluding hydrogens is 242 g/mol. The molecular formula is C15H21NO3. The standard InChI is InChI=1S/C15H21NO3/c1-10-3-5-11(6-4-10)16-15(18)13-8-7-12(19-2)9-14(13)17/h7-11,17H,3-6H2,1-2H3,(H,16,18). The van der Waals surface area contributed by atoms with Gasteiger partial charge in [0, 0.05) is 12.1 Å². The molecule has 4 nitrogen and oxygen atoms in total. The Morgan fingerprint density at radius 2 is 2.00 bits per heavy atom. The lowest BCUT2D eigenvalue weighted by molar-refractivity contribution is 0.0920. The highest BCUT2D eigenvalue weighted by Crippen LogP contribution is 2.26. The zero-order valence-corrected chi connectivity index (χ0v) is 11.5. The van der Waals surface area contributed by atoms with E-state index >= 15 is 0 Å². The van der Waals surface area contributed by atoms with Gasteiger partial charge >= 0.3 is 0 Å². The maximum absolute atomic E-state index is 12.1. The van der Waals surface area contributed by atoms with Gasteiger partial charge < -0.3 is 15.2 Å². The van der Waals surface area contributed by atoms with Gasteiger partial charge in [-0.05, 0) is 43.7 Å². The number of nitrogens with one attached hydrogen (secondary N) is 1. The fourth-order valence-corrected chi connectivity index (χ4v) is 2.50. The first kappa shape index (κ1) is 13.7. The molecule has 0 spiro atoms. The van der Waals surface area contributed by atoms with E-state index in [-0.39, 0.29) is 17.7 Å². The number of carbonyl (C=O) groups excluding carboxylic acids is 1. The van der Waals surface area contributed by atoms with E-state index in [1.54, 1.807) is 12.1 Å². The number of carbonyl (C=O) groups is 1. The summed E-state index contributed by atoms with van der Waals surface area (Å²) in [6.07, 6.45) is 4.34. The molecule has 2 N–H and O–H groups in total. The predicted molar refractivity (Wildman–Crippen MR) is 73.5 cm³/mol. The number of rotatable bonds is 3. The summed E-state index contributed by atoms with van der Waals surface area (Å²) in [5.41, 5.74) is 0.305. The summed E-state index contributed by atoms with van der Waals surface area (Å²) in [5, 5.41) is 12.8. The average Bonchev–Trinajstić information content (AvgIpc) is 2.41. The van der Waals surface area contributed by atoms with Crippen molar-refractivity contribution in [2.75, 3.05) is 7.11 Å². The molecule has 0 saturated heterocycles. The quantitative estimate of drug-likeness (QED) is 0.881. The Morgan fingerprint density at radius 1 is 1.32 bits per heavy atom. The van der Waals surface area contributed by atoms with Gasteiger partial charge in [-0.1, -0.05) is 6.92 Å². The minimum Gasteiger partial charge on any atom is -0.507 e. The van der Waals surface area contributed by atoms with Gasteiger partial charge in [0.2, 0.25) is 0 Å². The number of aromatic hydroxyl groups is 1. The number of hydrogen-bond acceptors (Lipinski definition) is 3. The fourth-order valence-electron chi connectivity index (χ4n) is 2.50. The molecule has 1 aliphatic rings. The smallest absolute Gasteiger partial charge is 0.255 e. The second kappa shape index (κ2) is 5.95. The van der Waals surface area contributed by atoms with E-state index in [0.717, 1.165) is 31.6 Å². The first-order chi connectivity index (χ1) is 9.10. The molecule has 0 atom stereocenters. The van der Waals surface area contributed by atoms with Gasteiger partial charge in [-0.15, -0.1) is 0 Å². The van der Waals surface area contributed by atoms with E-state index in [1.807, 2.05) is 0 Å². The molecule has 1 aliphatic carbocycles. The van der Waals surface area contributed by atoms with E-state index < -0.39 is 0 Å². The third kappa shape index (κ3) is 3.40. The van der Waals surface area contributed by atoms with Crippen LogP contribution in [0.4, 0.5) is 0 Å². The second-order valence-corrected chi connectivity index (χ2v) is 5.31. The van der Waals surface area contributed by atoms with Crippen molar-refractivity contribution in [3.8, 4) is 11.5 Å². The molecule has 4 heteroatoms. The van der Waals surface area contributed by atoms with Crippen LogP contribution >= 0.6 is 0 Å². The lowest BCUT2D eigenvalue weighted by Gasteiger charge is -2.27. The summed E-state index contributed by atoms with van der Waals surface area (Å²) in [6, 6.07) is 4.95. The number of methoxy groups -OCH3 is 1. The van der Waals surface area contributed by atoms with Gasteiger partial charge in [-0.25, -0.2) is 0 Å². The lowest BCUT2D eigenvalue weighted by atomic mass is 9.87. The van der Waals surface area contributed by atoms with Gasteiger partial charge in [0.1, 0.15) is 11.5 Å². The maximum Gasteiger partial charge on any atom is 0.255 e. The van der Waals surface area contributed by atoms with Crippen molar-refractivity contribution in [3.05, 3.63) is 23.8 Å². The predicted octanol–water partition coefficient (Wildman–Crippen LogP) is 2.71. The van der Waals surface area contributed by atoms with Crippen LogP contribution < -0.4 is 10.1 Å². The number of benzene rings is 1. The van der Waals surface area contributed by atoms with Crippen LogP contribution in [0.15, 0.2) is 18.2 Å². The highest BCUT2D eigenvalue weighted by molar-refractivity contribution is 5.97. The summed E-state index contributed by atoms with van der Waals surface area (Å²) in [4.78, 5) is 12.1. The molecule has 0 heterocycles. The van der Waals surface area contributed by atoms with Crippen LogP contribution in [0.5, 0.6) is 11.5 Å². The van der Waals surface area contributed by atoms with Crippen LogP contribution in [0.25, 0.3) is 0 Å². The summed E-state index contributed by atoms with van der Waals surface area (Å²) >= 11 is 0. The summed E-state index contributed by atoms with van der Waals surface area (Å²) in [6.45, 7) is 2.24. The highest BCUT2D eigenvalue weighted by Gasteiger charge is 2.21. The first-order valence-corrected chi connectivity index (χ1v) is 6.78. The highest BCUT2D eigenvalue weighted by atomic mass is 16.5. The van der Waals surface area contributed by atoms with Crippen molar-refractivity contribution in [3.63, 3.8) is 0 Å². The van der Waals surface area contributed by atoms with Gasteiger partial charge in [-0.3, -0.25) is 4.79 Å². The van der Waals surface area contributed by atoms with Crippen molar-refractivity contribution in [1.82, 2.24) is 5.32 Å². The monoisotopic (exact) mass is 263 g/mol. The van der Waals surface area contributed by atoms with E-state index in [2.05, 4.69) is 12.2 Å². The molecule has 1 amide bonds. The van der Waals surface area contributed by atoms with Crippen LogP contribution in [-0.4, -0.2) is 24.2 Å². The third-order valence-electron chi connectivity index (χ3n) is 3.80. The largest absolute Gasteiger partial charge is 0.507 e. The minimum absolute atomic E-state index is 0.0407. The van der Waals surface area contributed by atoms with Gasteiger partial charge in [-0.2, -0.15) is 0 Å². The Labute approximate surface area is 113 Å². The van der Waals surface area contributed by atoms with Crippen LogP contribution in [0.2, 0.25) is 0 Å². The van der Waals surface area contributed by atoms with Gasteiger partial charge in [0.05, 0.1) is 12.7 Å². The van der Waals surface area contributed by atoms with Crippen molar-refractivity contribution in [2.45, 2.75) is 38.6 Å². The Balaban J connectivity index is 2.00. The van der Waals surface area contributed by atoms with Gasteiger partial charge in [0.15, 0.2) is 0 Å². The Bertz CT molecular complexity index is 451. The van der Waals surface area contributed by atoms with Crippen LogP contribution in [0, 0.1) is 5.92 Å². The second-order valence-electron chi connectivity index (χ2n) is 5.31. The molecule has 104 valence electrons. The molecule has 0 aromatic heterocycles. The summed E-state index contributed by atoms with van der Waals surface area (Å²) < 4.78 is 5.00. The molecule has 1 saturated carbocycles. The number of hydrogen-bond donors (Lipinski definition) is 2. The molecule has 1 fully saturated rings. The molecule has 0 radical (unpaired) electrons. The minimum atomic E-state index is -0.209. The average molecular weight is 263 g/mol. The molecule has 0 aliphatic heterocycles. The normalized spacial score (nSPS) is 22.8. The first-order valence-electron chi connectivity index (χ1n) is 6.78. The lowest BCUT2D eigenvalue weighted by Crippen LogP contribution is -2.37. The van der Waals surface area contributed by atoms with Crippen LogP contribution in [0.1, 0.15) is 43.0 Å². The van der Waals surface area contributed by atoms with E-state index in [9.17, 15) is 9.90 Å². The summed E-state index contributed by atoms with van der Waals surface area (Å²) in [7, 11) is 1.53. The summed E-state index contributed by atoms with van der Waals surface area (Å²) in [5.74, 6) is 1.05. The topological polar surface area (TPSA) is 58.6 Å². The van der Waals surface area contributed by atoms with E-state index in [1.165, 1.54) is 13.2 Å². The van der Waals surface area contributed by atoms with Crippen molar-refractivity contribution >= 4 is 5.91 Å². The Morgan fingerprint density at radius 3 is 2.58 bits per heavy atom. The zero-order valence-electron chi connectivity index (χ0n) is 11.5. The molecule has 0 bridgehead atoms. The van der Waals surface area contributed by atoms with Crippen molar-refractivity contribution in [1.29, 1.82) is 0 Å². The molecule has 1 aromatic rings. The molecule has 19 heavy (non-hydrogen) atoms.